The molecule has 0 aliphatic carbocycles. The lowest BCUT2D eigenvalue weighted by atomic mass is 10.2. The molecule has 0 bridgehead atoms. The molecule has 0 atom stereocenters. The molecule has 24 heavy (non-hydrogen) atoms. The van der Waals surface area contributed by atoms with E-state index < -0.39 is 0 Å². The number of aromatic nitrogens is 2. The number of hydrogen-bond donors (Lipinski definition) is 0. The van der Waals surface area contributed by atoms with Gasteiger partial charge < -0.3 is 9.64 Å². The molecule has 3 aromatic heterocycles. The molecule has 3 aromatic rings. The van der Waals surface area contributed by atoms with Crippen molar-refractivity contribution in [3.05, 3.63) is 47.8 Å². The lowest BCUT2D eigenvalue weighted by Crippen LogP contribution is -2.25. The van der Waals surface area contributed by atoms with Crippen molar-refractivity contribution < 1.29 is 9.53 Å². The maximum Gasteiger partial charge on any atom is 0.210 e. The van der Waals surface area contributed by atoms with Crippen LogP contribution in [0.2, 0.25) is 0 Å². The standard InChI is InChI=1S/C18H19N3O2S/c1-13-5-6-19-16-9-17(24-18(13)16)15-4-3-14(10-20-15)11-21(12-22)7-8-23-2/h3-6,9-10,12H,7-8,11H2,1-2H3. The molecular formula is C18H19N3O2S. The van der Waals surface area contributed by atoms with Gasteiger partial charge in [0.15, 0.2) is 0 Å². The summed E-state index contributed by atoms with van der Waals surface area (Å²) in [5.41, 5.74) is 4.16. The second-order valence-corrected chi connectivity index (χ2v) is 6.63. The molecule has 0 unspecified atom stereocenters. The van der Waals surface area contributed by atoms with Gasteiger partial charge in [-0.3, -0.25) is 14.8 Å². The molecule has 124 valence electrons. The van der Waals surface area contributed by atoms with Crippen molar-refractivity contribution in [2.75, 3.05) is 20.3 Å². The molecule has 3 heterocycles. The number of pyridine rings is 2. The molecule has 0 fully saturated rings. The monoisotopic (exact) mass is 341 g/mol. The van der Waals surface area contributed by atoms with Crippen molar-refractivity contribution in [3.63, 3.8) is 0 Å². The first-order chi connectivity index (χ1) is 11.7. The molecule has 5 nitrogen and oxygen atoms in total. The number of amides is 1. The van der Waals surface area contributed by atoms with E-state index >= 15 is 0 Å². The molecule has 6 heteroatoms. The third kappa shape index (κ3) is 3.60. The number of fused-ring (bicyclic) bond motifs is 1. The molecule has 0 aliphatic heterocycles. The van der Waals surface area contributed by atoms with E-state index in [1.165, 1.54) is 10.3 Å². The largest absolute Gasteiger partial charge is 0.383 e. The highest BCUT2D eigenvalue weighted by Gasteiger charge is 2.09. The molecule has 3 rings (SSSR count). The zero-order valence-corrected chi connectivity index (χ0v) is 14.5. The Kier molecular flexibility index (Phi) is 5.17. The van der Waals surface area contributed by atoms with Gasteiger partial charge >= 0.3 is 0 Å². The number of hydrogen-bond acceptors (Lipinski definition) is 5. The molecule has 1 amide bonds. The zero-order valence-electron chi connectivity index (χ0n) is 13.7. The minimum Gasteiger partial charge on any atom is -0.383 e. The average Bonchev–Trinajstić information content (AvgIpc) is 3.05. The van der Waals surface area contributed by atoms with Crippen LogP contribution in [0.3, 0.4) is 0 Å². The van der Waals surface area contributed by atoms with Crippen molar-refractivity contribution in [1.82, 2.24) is 14.9 Å². The fourth-order valence-corrected chi connectivity index (χ4v) is 3.53. The van der Waals surface area contributed by atoms with Gasteiger partial charge in [0.2, 0.25) is 6.41 Å². The Morgan fingerprint density at radius 2 is 2.17 bits per heavy atom. The molecular weight excluding hydrogens is 322 g/mol. The fourth-order valence-electron chi connectivity index (χ4n) is 2.47. The van der Waals surface area contributed by atoms with Crippen LogP contribution in [-0.2, 0) is 16.1 Å². The van der Waals surface area contributed by atoms with Crippen LogP contribution < -0.4 is 0 Å². The second-order valence-electron chi connectivity index (χ2n) is 5.57. The molecule has 0 saturated heterocycles. The quantitative estimate of drug-likeness (QED) is 0.619. The Hall–Kier alpha value is -2.31. The lowest BCUT2D eigenvalue weighted by molar-refractivity contribution is -0.119. The smallest absolute Gasteiger partial charge is 0.210 e. The maximum absolute atomic E-state index is 11.1. The van der Waals surface area contributed by atoms with Crippen LogP contribution in [0, 0.1) is 6.92 Å². The Morgan fingerprint density at radius 1 is 1.29 bits per heavy atom. The van der Waals surface area contributed by atoms with E-state index in [4.69, 9.17) is 4.74 Å². The van der Waals surface area contributed by atoms with Crippen LogP contribution >= 0.6 is 11.3 Å². The first-order valence-electron chi connectivity index (χ1n) is 7.70. The van der Waals surface area contributed by atoms with E-state index in [1.54, 1.807) is 23.3 Å². The van der Waals surface area contributed by atoms with Gasteiger partial charge in [-0.15, -0.1) is 11.3 Å². The number of nitrogens with zero attached hydrogens (tertiary/aromatic N) is 3. The van der Waals surface area contributed by atoms with Gasteiger partial charge in [-0.25, -0.2) is 0 Å². The van der Waals surface area contributed by atoms with Gasteiger partial charge in [0.25, 0.3) is 0 Å². The summed E-state index contributed by atoms with van der Waals surface area (Å²) in [7, 11) is 1.63. The van der Waals surface area contributed by atoms with E-state index in [9.17, 15) is 4.79 Å². The highest BCUT2D eigenvalue weighted by Crippen LogP contribution is 2.33. The SMILES string of the molecule is COCCN(C=O)Cc1ccc(-c2cc3nccc(C)c3s2)nc1. The summed E-state index contributed by atoms with van der Waals surface area (Å²) in [4.78, 5) is 22.8. The van der Waals surface area contributed by atoms with E-state index in [-0.39, 0.29) is 0 Å². The maximum atomic E-state index is 11.1. The Morgan fingerprint density at radius 3 is 2.83 bits per heavy atom. The Labute approximate surface area is 144 Å². The molecule has 0 aromatic carbocycles. The predicted octanol–water partition coefficient (Wildman–Crippen LogP) is 3.27. The number of carbonyl (C=O) groups is 1. The van der Waals surface area contributed by atoms with Gasteiger partial charge in [-0.05, 0) is 36.2 Å². The van der Waals surface area contributed by atoms with Crippen LogP contribution in [0.1, 0.15) is 11.1 Å². The van der Waals surface area contributed by atoms with Gasteiger partial charge in [-0.1, -0.05) is 6.07 Å². The summed E-state index contributed by atoms with van der Waals surface area (Å²) in [6.07, 6.45) is 4.50. The number of methoxy groups -OCH3 is 1. The first kappa shape index (κ1) is 16.5. The van der Waals surface area contributed by atoms with Crippen molar-refractivity contribution in [1.29, 1.82) is 0 Å². The van der Waals surface area contributed by atoms with Crippen LogP contribution in [0.25, 0.3) is 20.8 Å². The van der Waals surface area contributed by atoms with Gasteiger partial charge in [-0.2, -0.15) is 0 Å². The van der Waals surface area contributed by atoms with Crippen LogP contribution in [0.4, 0.5) is 0 Å². The van der Waals surface area contributed by atoms with Crippen molar-refractivity contribution in [3.8, 4) is 10.6 Å². The molecule has 0 radical (unpaired) electrons. The van der Waals surface area contributed by atoms with Crippen LogP contribution in [0.5, 0.6) is 0 Å². The summed E-state index contributed by atoms with van der Waals surface area (Å²) >= 11 is 1.70. The van der Waals surface area contributed by atoms with Gasteiger partial charge in [0, 0.05) is 32.6 Å². The minimum absolute atomic E-state index is 0.526. The summed E-state index contributed by atoms with van der Waals surface area (Å²) in [5.74, 6) is 0. The number of thiophene rings is 1. The minimum atomic E-state index is 0.526. The third-order valence-corrected chi connectivity index (χ3v) is 5.09. The van der Waals surface area contributed by atoms with Crippen molar-refractivity contribution >= 4 is 28.0 Å². The lowest BCUT2D eigenvalue weighted by Gasteiger charge is -2.16. The molecule has 0 aliphatic rings. The van der Waals surface area contributed by atoms with Crippen molar-refractivity contribution in [2.45, 2.75) is 13.5 Å². The van der Waals surface area contributed by atoms with E-state index in [0.29, 0.717) is 19.7 Å². The molecule has 0 saturated carbocycles. The Bertz CT molecular complexity index is 830. The number of aryl methyl sites for hydroxylation is 1. The zero-order chi connectivity index (χ0) is 16.9. The van der Waals surface area contributed by atoms with E-state index in [1.807, 2.05) is 30.6 Å². The molecule has 0 N–H and O–H groups in total. The molecule has 0 spiro atoms. The highest BCUT2D eigenvalue weighted by molar-refractivity contribution is 7.22. The second kappa shape index (κ2) is 7.51. The summed E-state index contributed by atoms with van der Waals surface area (Å²) < 4.78 is 6.21. The first-order valence-corrected chi connectivity index (χ1v) is 8.51. The fraction of sp³-hybridized carbons (Fsp3) is 0.278. The topological polar surface area (TPSA) is 55.3 Å². The summed E-state index contributed by atoms with van der Waals surface area (Å²) in [5, 5.41) is 0. The van der Waals surface area contributed by atoms with Gasteiger partial charge in [0.05, 0.1) is 27.4 Å². The van der Waals surface area contributed by atoms with E-state index in [0.717, 1.165) is 28.1 Å². The highest BCUT2D eigenvalue weighted by atomic mass is 32.1. The predicted molar refractivity (Wildman–Crippen MR) is 95.9 cm³/mol. The van der Waals surface area contributed by atoms with Crippen molar-refractivity contribution in [2.24, 2.45) is 0 Å². The summed E-state index contributed by atoms with van der Waals surface area (Å²) in [6, 6.07) is 8.10. The number of rotatable bonds is 7. The van der Waals surface area contributed by atoms with E-state index in [2.05, 4.69) is 23.0 Å². The van der Waals surface area contributed by atoms with Crippen LogP contribution in [-0.4, -0.2) is 41.5 Å². The number of ether oxygens (including phenoxy) is 1. The van der Waals surface area contributed by atoms with Crippen LogP contribution in [0.15, 0.2) is 36.7 Å². The van der Waals surface area contributed by atoms with Gasteiger partial charge in [0.1, 0.15) is 0 Å². The Balaban J connectivity index is 1.78. The number of carbonyl (C=O) groups excluding carboxylic acids is 1. The normalized spacial score (nSPS) is 10.9. The average molecular weight is 341 g/mol. The third-order valence-electron chi connectivity index (χ3n) is 3.80. The summed E-state index contributed by atoms with van der Waals surface area (Å²) in [6.45, 7) is 3.73.